The molecule has 0 atom stereocenters. The first kappa shape index (κ1) is 13.0. The highest BCUT2D eigenvalue weighted by molar-refractivity contribution is 5.85. The van der Waals surface area contributed by atoms with Gasteiger partial charge in [0.15, 0.2) is 0 Å². The highest BCUT2D eigenvalue weighted by Gasteiger charge is 2.28. The van der Waals surface area contributed by atoms with E-state index in [9.17, 15) is 4.79 Å². The first-order valence-electron chi connectivity index (χ1n) is 6.64. The lowest BCUT2D eigenvalue weighted by Crippen LogP contribution is -2.27. The van der Waals surface area contributed by atoms with E-state index in [-0.39, 0.29) is 5.69 Å². The van der Waals surface area contributed by atoms with Crippen LogP contribution >= 0.6 is 0 Å². The van der Waals surface area contributed by atoms with Crippen molar-refractivity contribution in [1.29, 1.82) is 0 Å². The fraction of sp³-hybridized carbons (Fsp3) is 0.571. The summed E-state index contributed by atoms with van der Waals surface area (Å²) in [4.78, 5) is 17.5. The maximum atomic E-state index is 10.9. The van der Waals surface area contributed by atoms with Crippen molar-refractivity contribution in [3.63, 3.8) is 0 Å². The summed E-state index contributed by atoms with van der Waals surface area (Å²) in [6.07, 6.45) is 4.91. The van der Waals surface area contributed by atoms with Gasteiger partial charge in [-0.3, -0.25) is 4.90 Å². The second-order valence-corrected chi connectivity index (χ2v) is 4.87. The Morgan fingerprint density at radius 1 is 1.50 bits per heavy atom. The zero-order valence-electron chi connectivity index (χ0n) is 10.8. The largest absolute Gasteiger partial charge is 0.477 e. The van der Waals surface area contributed by atoms with E-state index in [0.29, 0.717) is 6.04 Å². The zero-order valence-corrected chi connectivity index (χ0v) is 10.8. The van der Waals surface area contributed by atoms with Crippen LogP contribution in [-0.2, 0) is 6.54 Å². The van der Waals surface area contributed by atoms with Crippen molar-refractivity contribution in [2.45, 2.75) is 45.2 Å². The number of pyridine rings is 1. The Morgan fingerprint density at radius 2 is 2.28 bits per heavy atom. The third-order valence-electron chi connectivity index (χ3n) is 3.25. The quantitative estimate of drug-likeness (QED) is 0.805. The number of hydrogen-bond donors (Lipinski definition) is 1. The van der Waals surface area contributed by atoms with E-state index in [2.05, 4.69) is 16.8 Å². The Kier molecular flexibility index (Phi) is 4.31. The normalized spacial score (nSPS) is 15.0. The number of carboxylic acids is 1. The first-order valence-corrected chi connectivity index (χ1v) is 6.64. The van der Waals surface area contributed by atoms with Gasteiger partial charge in [0.05, 0.1) is 5.69 Å². The van der Waals surface area contributed by atoms with Crippen molar-refractivity contribution in [3.8, 4) is 0 Å². The molecule has 0 aliphatic heterocycles. The van der Waals surface area contributed by atoms with Crippen molar-refractivity contribution < 1.29 is 9.90 Å². The SMILES string of the molecule is CCCCN(Cc1cccc(C(=O)O)n1)C1CC1. The minimum Gasteiger partial charge on any atom is -0.477 e. The van der Waals surface area contributed by atoms with Crippen LogP contribution in [0.3, 0.4) is 0 Å². The Bertz CT molecular complexity index is 416. The molecule has 2 rings (SSSR count). The molecule has 1 aromatic heterocycles. The summed E-state index contributed by atoms with van der Waals surface area (Å²) >= 11 is 0. The van der Waals surface area contributed by atoms with Crippen LogP contribution in [0.4, 0.5) is 0 Å². The minimum atomic E-state index is -0.955. The average molecular weight is 248 g/mol. The molecule has 1 aromatic rings. The Labute approximate surface area is 108 Å². The van der Waals surface area contributed by atoms with Gasteiger partial charge < -0.3 is 5.11 Å². The molecule has 0 aromatic carbocycles. The van der Waals surface area contributed by atoms with Crippen LogP contribution in [0.25, 0.3) is 0 Å². The van der Waals surface area contributed by atoms with E-state index in [1.807, 2.05) is 6.07 Å². The van der Waals surface area contributed by atoms with E-state index in [1.54, 1.807) is 12.1 Å². The van der Waals surface area contributed by atoms with Crippen molar-refractivity contribution in [2.75, 3.05) is 6.54 Å². The van der Waals surface area contributed by atoms with Crippen LogP contribution in [0, 0.1) is 0 Å². The van der Waals surface area contributed by atoms with Gasteiger partial charge in [0.2, 0.25) is 0 Å². The highest BCUT2D eigenvalue weighted by atomic mass is 16.4. The number of carbonyl (C=O) groups is 1. The first-order chi connectivity index (χ1) is 8.70. The topological polar surface area (TPSA) is 53.4 Å². The molecule has 0 unspecified atom stereocenters. The van der Waals surface area contributed by atoms with Crippen molar-refractivity contribution in [1.82, 2.24) is 9.88 Å². The molecule has 0 amide bonds. The van der Waals surface area contributed by atoms with Gasteiger partial charge in [0, 0.05) is 12.6 Å². The number of aromatic carboxylic acids is 1. The fourth-order valence-corrected chi connectivity index (χ4v) is 2.09. The number of hydrogen-bond acceptors (Lipinski definition) is 3. The van der Waals surface area contributed by atoms with Crippen molar-refractivity contribution in [2.24, 2.45) is 0 Å². The molecule has 18 heavy (non-hydrogen) atoms. The van der Waals surface area contributed by atoms with Gasteiger partial charge in [-0.05, 0) is 37.9 Å². The summed E-state index contributed by atoms with van der Waals surface area (Å²) < 4.78 is 0. The fourth-order valence-electron chi connectivity index (χ4n) is 2.09. The molecule has 0 radical (unpaired) electrons. The Balaban J connectivity index is 2.01. The molecule has 4 heteroatoms. The van der Waals surface area contributed by atoms with Gasteiger partial charge >= 0.3 is 5.97 Å². The molecule has 4 nitrogen and oxygen atoms in total. The van der Waals surface area contributed by atoms with Gasteiger partial charge in [-0.2, -0.15) is 0 Å². The second-order valence-electron chi connectivity index (χ2n) is 4.87. The molecule has 1 heterocycles. The zero-order chi connectivity index (χ0) is 13.0. The summed E-state index contributed by atoms with van der Waals surface area (Å²) in [7, 11) is 0. The molecule has 1 aliphatic carbocycles. The van der Waals surface area contributed by atoms with Crippen LogP contribution in [-0.4, -0.2) is 33.5 Å². The molecule has 0 spiro atoms. The molecule has 1 N–H and O–H groups in total. The Morgan fingerprint density at radius 3 is 2.89 bits per heavy atom. The third kappa shape index (κ3) is 3.53. The van der Waals surface area contributed by atoms with E-state index in [4.69, 9.17) is 5.11 Å². The van der Waals surface area contributed by atoms with Crippen molar-refractivity contribution in [3.05, 3.63) is 29.6 Å². The standard InChI is InChI=1S/C14H20N2O2/c1-2-3-9-16(12-7-8-12)10-11-5-4-6-13(15-11)14(17)18/h4-6,12H,2-3,7-10H2,1H3,(H,17,18). The van der Waals surface area contributed by atoms with Crippen LogP contribution in [0.15, 0.2) is 18.2 Å². The lowest BCUT2D eigenvalue weighted by Gasteiger charge is -2.21. The number of rotatable bonds is 7. The maximum Gasteiger partial charge on any atom is 0.354 e. The lowest BCUT2D eigenvalue weighted by atomic mass is 10.2. The summed E-state index contributed by atoms with van der Waals surface area (Å²) in [6, 6.07) is 5.91. The summed E-state index contributed by atoms with van der Waals surface area (Å²) in [6.45, 7) is 4.04. The van der Waals surface area contributed by atoms with E-state index in [0.717, 1.165) is 18.8 Å². The molecular weight excluding hydrogens is 228 g/mol. The van der Waals surface area contributed by atoms with Crippen LogP contribution in [0.5, 0.6) is 0 Å². The number of unbranched alkanes of at least 4 members (excludes halogenated alkanes) is 1. The monoisotopic (exact) mass is 248 g/mol. The van der Waals surface area contributed by atoms with Gasteiger partial charge in [-0.1, -0.05) is 19.4 Å². The van der Waals surface area contributed by atoms with Gasteiger partial charge in [0.1, 0.15) is 5.69 Å². The molecular formula is C14H20N2O2. The number of carboxylic acid groups (broad SMARTS) is 1. The van der Waals surface area contributed by atoms with Gasteiger partial charge in [0.25, 0.3) is 0 Å². The van der Waals surface area contributed by atoms with E-state index >= 15 is 0 Å². The number of nitrogens with zero attached hydrogens (tertiary/aromatic N) is 2. The molecule has 98 valence electrons. The van der Waals surface area contributed by atoms with Gasteiger partial charge in [-0.15, -0.1) is 0 Å². The molecule has 1 fully saturated rings. The second kappa shape index (κ2) is 5.96. The molecule has 1 aliphatic rings. The van der Waals surface area contributed by atoms with E-state index < -0.39 is 5.97 Å². The summed E-state index contributed by atoms with van der Waals surface area (Å²) in [5, 5.41) is 8.93. The maximum absolute atomic E-state index is 10.9. The smallest absolute Gasteiger partial charge is 0.354 e. The summed E-state index contributed by atoms with van der Waals surface area (Å²) in [5.41, 5.74) is 0.997. The van der Waals surface area contributed by atoms with Gasteiger partial charge in [-0.25, -0.2) is 9.78 Å². The highest BCUT2D eigenvalue weighted by Crippen LogP contribution is 2.28. The third-order valence-corrected chi connectivity index (χ3v) is 3.25. The van der Waals surface area contributed by atoms with E-state index in [1.165, 1.54) is 25.7 Å². The predicted molar refractivity (Wildman–Crippen MR) is 69.5 cm³/mol. The lowest BCUT2D eigenvalue weighted by molar-refractivity contribution is 0.0690. The van der Waals surface area contributed by atoms with Crippen LogP contribution < -0.4 is 0 Å². The molecule has 0 saturated heterocycles. The molecule has 1 saturated carbocycles. The Hall–Kier alpha value is -1.42. The van der Waals surface area contributed by atoms with Crippen LogP contribution in [0.1, 0.15) is 48.8 Å². The molecule has 0 bridgehead atoms. The van der Waals surface area contributed by atoms with Crippen LogP contribution in [0.2, 0.25) is 0 Å². The van der Waals surface area contributed by atoms with Crippen molar-refractivity contribution >= 4 is 5.97 Å². The minimum absolute atomic E-state index is 0.138. The number of aromatic nitrogens is 1. The summed E-state index contributed by atoms with van der Waals surface area (Å²) in [5.74, 6) is -0.955. The predicted octanol–water partition coefficient (Wildman–Crippen LogP) is 2.54. The average Bonchev–Trinajstić information content (AvgIpc) is 3.19.